The average molecular weight is 161 g/mol. The molecule has 2 rings (SSSR count). The maximum Gasteiger partial charge on any atom is 0.0398 e. The summed E-state index contributed by atoms with van der Waals surface area (Å²) in [6, 6.07) is 8.71. The average Bonchev–Trinajstić information content (AvgIpc) is 2.12. The molecule has 1 heteroatoms. The Bertz CT molecular complexity index is 251. The van der Waals surface area contributed by atoms with Crippen molar-refractivity contribution in [2.75, 3.05) is 18.5 Å². The minimum Gasteiger partial charge on any atom is -0.374 e. The SMILES string of the molecule is CC1CCN(C)c2ccccc21. The van der Waals surface area contributed by atoms with E-state index >= 15 is 0 Å². The Morgan fingerprint density at radius 1 is 1.33 bits per heavy atom. The molecule has 0 N–H and O–H groups in total. The molecule has 0 bridgehead atoms. The Kier molecular flexibility index (Phi) is 1.80. The predicted molar refractivity (Wildman–Crippen MR) is 52.7 cm³/mol. The van der Waals surface area contributed by atoms with Crippen molar-refractivity contribution in [2.45, 2.75) is 19.3 Å². The lowest BCUT2D eigenvalue weighted by Crippen LogP contribution is -2.26. The first-order valence-corrected chi connectivity index (χ1v) is 4.59. The first-order valence-electron chi connectivity index (χ1n) is 4.59. The number of rotatable bonds is 0. The van der Waals surface area contributed by atoms with Crippen LogP contribution in [-0.2, 0) is 0 Å². The Morgan fingerprint density at radius 2 is 2.08 bits per heavy atom. The summed E-state index contributed by atoms with van der Waals surface area (Å²) >= 11 is 0. The molecule has 1 heterocycles. The van der Waals surface area contributed by atoms with Gasteiger partial charge in [-0.15, -0.1) is 0 Å². The van der Waals surface area contributed by atoms with E-state index in [1.807, 2.05) is 0 Å². The van der Waals surface area contributed by atoms with E-state index in [-0.39, 0.29) is 0 Å². The van der Waals surface area contributed by atoms with Crippen molar-refractivity contribution in [3.05, 3.63) is 29.8 Å². The Labute approximate surface area is 74.0 Å². The maximum atomic E-state index is 2.34. The highest BCUT2D eigenvalue weighted by atomic mass is 15.1. The molecule has 1 atom stereocenters. The Hall–Kier alpha value is -0.980. The third kappa shape index (κ3) is 1.09. The van der Waals surface area contributed by atoms with E-state index in [4.69, 9.17) is 0 Å². The van der Waals surface area contributed by atoms with E-state index in [0.29, 0.717) is 0 Å². The Morgan fingerprint density at radius 3 is 2.83 bits per heavy atom. The lowest BCUT2D eigenvalue weighted by atomic mass is 9.92. The summed E-state index contributed by atoms with van der Waals surface area (Å²) in [5.74, 6) is 0.734. The predicted octanol–water partition coefficient (Wildman–Crippen LogP) is 2.63. The molecule has 1 unspecified atom stereocenters. The van der Waals surface area contributed by atoms with Gasteiger partial charge in [-0.25, -0.2) is 0 Å². The molecule has 0 aromatic heterocycles. The quantitative estimate of drug-likeness (QED) is 0.565. The van der Waals surface area contributed by atoms with Crippen LogP contribution >= 0.6 is 0 Å². The molecule has 1 aromatic carbocycles. The summed E-state index contributed by atoms with van der Waals surface area (Å²) in [4.78, 5) is 2.34. The monoisotopic (exact) mass is 161 g/mol. The molecular formula is C11H15N. The topological polar surface area (TPSA) is 3.24 Å². The van der Waals surface area contributed by atoms with Crippen molar-refractivity contribution in [1.82, 2.24) is 0 Å². The third-order valence-corrected chi connectivity index (χ3v) is 2.78. The summed E-state index contributed by atoms with van der Waals surface area (Å²) in [6.07, 6.45) is 1.29. The fourth-order valence-corrected chi connectivity index (χ4v) is 1.92. The summed E-state index contributed by atoms with van der Waals surface area (Å²) in [7, 11) is 2.17. The molecule has 64 valence electrons. The van der Waals surface area contributed by atoms with E-state index in [1.165, 1.54) is 24.2 Å². The van der Waals surface area contributed by atoms with Gasteiger partial charge in [0.15, 0.2) is 0 Å². The summed E-state index contributed by atoms with van der Waals surface area (Å²) in [5, 5.41) is 0. The van der Waals surface area contributed by atoms with Crippen LogP contribution in [0.5, 0.6) is 0 Å². The van der Waals surface area contributed by atoms with Crippen molar-refractivity contribution in [3.8, 4) is 0 Å². The molecule has 0 amide bonds. The van der Waals surface area contributed by atoms with E-state index in [2.05, 4.69) is 43.1 Å². The van der Waals surface area contributed by atoms with Crippen molar-refractivity contribution in [3.63, 3.8) is 0 Å². The maximum absolute atomic E-state index is 2.34. The number of hydrogen-bond acceptors (Lipinski definition) is 1. The van der Waals surface area contributed by atoms with Gasteiger partial charge in [0.1, 0.15) is 0 Å². The number of benzene rings is 1. The van der Waals surface area contributed by atoms with Crippen LogP contribution in [0.4, 0.5) is 5.69 Å². The van der Waals surface area contributed by atoms with Gasteiger partial charge >= 0.3 is 0 Å². The zero-order valence-electron chi connectivity index (χ0n) is 7.75. The normalized spacial score (nSPS) is 22.2. The lowest BCUT2D eigenvalue weighted by Gasteiger charge is -2.31. The number of para-hydroxylation sites is 1. The summed E-state index contributed by atoms with van der Waals surface area (Å²) < 4.78 is 0. The van der Waals surface area contributed by atoms with Gasteiger partial charge in [0.2, 0.25) is 0 Å². The van der Waals surface area contributed by atoms with E-state index < -0.39 is 0 Å². The van der Waals surface area contributed by atoms with Gasteiger partial charge in [0, 0.05) is 19.3 Å². The molecule has 0 saturated carbocycles. The molecule has 1 nitrogen and oxygen atoms in total. The highest BCUT2D eigenvalue weighted by molar-refractivity contribution is 5.56. The first kappa shape index (κ1) is 7.66. The second kappa shape index (κ2) is 2.81. The van der Waals surface area contributed by atoms with Crippen molar-refractivity contribution >= 4 is 5.69 Å². The van der Waals surface area contributed by atoms with Crippen LogP contribution in [0.3, 0.4) is 0 Å². The molecule has 0 aliphatic carbocycles. The van der Waals surface area contributed by atoms with Crippen LogP contribution in [0.2, 0.25) is 0 Å². The van der Waals surface area contributed by atoms with E-state index in [9.17, 15) is 0 Å². The van der Waals surface area contributed by atoms with Gasteiger partial charge in [-0.05, 0) is 24.0 Å². The fraction of sp³-hybridized carbons (Fsp3) is 0.455. The third-order valence-electron chi connectivity index (χ3n) is 2.78. The molecule has 1 aliphatic heterocycles. The Balaban J connectivity index is 2.47. The van der Waals surface area contributed by atoms with Crippen LogP contribution in [0.25, 0.3) is 0 Å². The van der Waals surface area contributed by atoms with Crippen LogP contribution in [0, 0.1) is 0 Å². The minimum absolute atomic E-state index is 0.734. The lowest BCUT2D eigenvalue weighted by molar-refractivity contribution is 0.637. The number of hydrogen-bond donors (Lipinski definition) is 0. The standard InChI is InChI=1S/C11H15N/c1-9-7-8-12(2)11-6-4-3-5-10(9)11/h3-6,9H,7-8H2,1-2H3. The summed E-state index contributed by atoms with van der Waals surface area (Å²) in [6.45, 7) is 3.50. The van der Waals surface area contributed by atoms with Crippen LogP contribution < -0.4 is 4.90 Å². The number of anilines is 1. The molecule has 1 aliphatic rings. The second-order valence-electron chi connectivity index (χ2n) is 3.67. The molecular weight excluding hydrogens is 146 g/mol. The van der Waals surface area contributed by atoms with Crippen LogP contribution in [0.1, 0.15) is 24.8 Å². The smallest absolute Gasteiger partial charge is 0.0398 e. The first-order chi connectivity index (χ1) is 5.79. The largest absolute Gasteiger partial charge is 0.374 e. The highest BCUT2D eigenvalue weighted by Gasteiger charge is 2.18. The number of nitrogens with zero attached hydrogens (tertiary/aromatic N) is 1. The van der Waals surface area contributed by atoms with E-state index in [1.54, 1.807) is 0 Å². The minimum atomic E-state index is 0.734. The number of fused-ring (bicyclic) bond motifs is 1. The molecule has 0 fully saturated rings. The van der Waals surface area contributed by atoms with Gasteiger partial charge < -0.3 is 4.90 Å². The van der Waals surface area contributed by atoms with Crippen molar-refractivity contribution in [2.24, 2.45) is 0 Å². The molecule has 0 spiro atoms. The molecule has 0 saturated heterocycles. The molecule has 0 radical (unpaired) electrons. The van der Waals surface area contributed by atoms with Gasteiger partial charge in [-0.3, -0.25) is 0 Å². The molecule has 12 heavy (non-hydrogen) atoms. The summed E-state index contributed by atoms with van der Waals surface area (Å²) in [5.41, 5.74) is 2.92. The second-order valence-corrected chi connectivity index (χ2v) is 3.67. The van der Waals surface area contributed by atoms with Gasteiger partial charge in [-0.2, -0.15) is 0 Å². The van der Waals surface area contributed by atoms with Crippen LogP contribution in [-0.4, -0.2) is 13.6 Å². The fourth-order valence-electron chi connectivity index (χ4n) is 1.92. The molecule has 1 aromatic rings. The van der Waals surface area contributed by atoms with Crippen molar-refractivity contribution < 1.29 is 0 Å². The van der Waals surface area contributed by atoms with Crippen molar-refractivity contribution in [1.29, 1.82) is 0 Å². The van der Waals surface area contributed by atoms with Gasteiger partial charge in [-0.1, -0.05) is 25.1 Å². The zero-order chi connectivity index (χ0) is 8.55. The van der Waals surface area contributed by atoms with Gasteiger partial charge in [0.05, 0.1) is 0 Å². The zero-order valence-corrected chi connectivity index (χ0v) is 7.75. The van der Waals surface area contributed by atoms with Gasteiger partial charge in [0.25, 0.3) is 0 Å². The van der Waals surface area contributed by atoms with Crippen LogP contribution in [0.15, 0.2) is 24.3 Å². The highest BCUT2D eigenvalue weighted by Crippen LogP contribution is 2.33. The van der Waals surface area contributed by atoms with E-state index in [0.717, 1.165) is 5.92 Å².